The number of halogens is 2. The quantitative estimate of drug-likeness (QED) is 0.425. The lowest BCUT2D eigenvalue weighted by Crippen LogP contribution is -2.14. The fourth-order valence-electron chi connectivity index (χ4n) is 1.74. The van der Waals surface area contributed by atoms with Crippen LogP contribution >= 0.6 is 23.1 Å². The highest BCUT2D eigenvalue weighted by Gasteiger charge is 2.12. The maximum Gasteiger partial charge on any atom is 0.306 e. The van der Waals surface area contributed by atoms with Gasteiger partial charge in [-0.25, -0.2) is 8.78 Å². The fraction of sp³-hybridized carbons (Fsp3) is 0.333. The SMILES string of the molecule is CCOC(=O)CCC(=O)Nc1nnc(SCc2cc(F)ccc2F)s1. The first-order chi connectivity index (χ1) is 12.0. The maximum absolute atomic E-state index is 13.5. The van der Waals surface area contributed by atoms with Crippen LogP contribution in [0.5, 0.6) is 0 Å². The number of nitrogens with one attached hydrogen (secondary N) is 1. The van der Waals surface area contributed by atoms with E-state index in [0.717, 1.165) is 29.5 Å². The van der Waals surface area contributed by atoms with Crippen molar-refractivity contribution < 1.29 is 23.1 Å². The number of benzene rings is 1. The molecule has 0 spiro atoms. The Morgan fingerprint density at radius 2 is 2.08 bits per heavy atom. The molecule has 25 heavy (non-hydrogen) atoms. The van der Waals surface area contributed by atoms with Crippen molar-refractivity contribution >= 4 is 40.1 Å². The number of hydrogen-bond acceptors (Lipinski definition) is 7. The Morgan fingerprint density at radius 3 is 2.84 bits per heavy atom. The predicted octanol–water partition coefficient (Wildman–Crippen LogP) is 3.39. The standard InChI is InChI=1S/C15H15F2N3O3S2/c1-2-23-13(22)6-5-12(21)18-14-19-20-15(25-14)24-8-9-7-10(16)3-4-11(9)17/h3-4,7H,2,5-6,8H2,1H3,(H,18,19,21). The number of anilines is 1. The highest BCUT2D eigenvalue weighted by atomic mass is 32.2. The van der Waals surface area contributed by atoms with Crippen molar-refractivity contribution in [1.82, 2.24) is 10.2 Å². The number of carbonyl (C=O) groups excluding carboxylic acids is 2. The summed E-state index contributed by atoms with van der Waals surface area (Å²) < 4.78 is 31.9. The van der Waals surface area contributed by atoms with Gasteiger partial charge in [-0.3, -0.25) is 9.59 Å². The monoisotopic (exact) mass is 387 g/mol. The lowest BCUT2D eigenvalue weighted by molar-refractivity contribution is -0.144. The first kappa shape index (κ1) is 19.3. The van der Waals surface area contributed by atoms with Gasteiger partial charge < -0.3 is 10.1 Å². The largest absolute Gasteiger partial charge is 0.466 e. The van der Waals surface area contributed by atoms with Gasteiger partial charge >= 0.3 is 5.97 Å². The van der Waals surface area contributed by atoms with Gasteiger partial charge in [-0.15, -0.1) is 10.2 Å². The normalized spacial score (nSPS) is 10.5. The van der Waals surface area contributed by atoms with Crippen LogP contribution < -0.4 is 5.32 Å². The van der Waals surface area contributed by atoms with E-state index in [4.69, 9.17) is 4.74 Å². The fourth-order valence-corrected chi connectivity index (χ4v) is 3.48. The zero-order chi connectivity index (χ0) is 18.2. The molecule has 1 aromatic carbocycles. The van der Waals surface area contributed by atoms with Gasteiger partial charge in [0.05, 0.1) is 13.0 Å². The number of hydrogen-bond donors (Lipinski definition) is 1. The minimum absolute atomic E-state index is 0.0149. The summed E-state index contributed by atoms with van der Waals surface area (Å²) in [6, 6.07) is 3.25. The number of amides is 1. The summed E-state index contributed by atoms with van der Waals surface area (Å²) in [5.74, 6) is -1.63. The molecule has 0 fully saturated rings. The molecular formula is C15H15F2N3O3S2. The van der Waals surface area contributed by atoms with E-state index in [2.05, 4.69) is 15.5 Å². The molecule has 0 aliphatic heterocycles. The summed E-state index contributed by atoms with van der Waals surface area (Å²) >= 11 is 2.29. The number of thioether (sulfide) groups is 1. The van der Waals surface area contributed by atoms with Gasteiger partial charge in [0.25, 0.3) is 0 Å². The van der Waals surface area contributed by atoms with Gasteiger partial charge in [-0.2, -0.15) is 0 Å². The first-order valence-corrected chi connectivity index (χ1v) is 9.14. The molecule has 1 amide bonds. The molecule has 1 N–H and O–H groups in total. The third-order valence-corrected chi connectivity index (χ3v) is 4.89. The summed E-state index contributed by atoms with van der Waals surface area (Å²) in [4.78, 5) is 22.9. The third-order valence-electron chi connectivity index (χ3n) is 2.87. The molecule has 10 heteroatoms. The summed E-state index contributed by atoms with van der Waals surface area (Å²) in [5, 5.41) is 10.5. The van der Waals surface area contributed by atoms with Crippen LogP contribution in [0.2, 0.25) is 0 Å². The van der Waals surface area contributed by atoms with Crippen LogP contribution in [0.1, 0.15) is 25.3 Å². The molecule has 0 saturated carbocycles. The molecule has 1 heterocycles. The number of nitrogens with zero attached hydrogens (tertiary/aromatic N) is 2. The van der Waals surface area contributed by atoms with Crippen molar-refractivity contribution in [1.29, 1.82) is 0 Å². The van der Waals surface area contributed by atoms with Gasteiger partial charge in [-0.1, -0.05) is 23.1 Å². The molecule has 0 radical (unpaired) electrons. The highest BCUT2D eigenvalue weighted by Crippen LogP contribution is 2.29. The van der Waals surface area contributed by atoms with Crippen LogP contribution in [0.25, 0.3) is 0 Å². The Morgan fingerprint density at radius 1 is 1.28 bits per heavy atom. The van der Waals surface area contributed by atoms with Crippen molar-refractivity contribution in [2.45, 2.75) is 29.9 Å². The summed E-state index contributed by atoms with van der Waals surface area (Å²) in [7, 11) is 0. The number of rotatable bonds is 8. The molecule has 0 unspecified atom stereocenters. The Hall–Kier alpha value is -2.07. The number of carbonyl (C=O) groups is 2. The van der Waals surface area contributed by atoms with E-state index in [1.165, 1.54) is 11.8 Å². The molecule has 0 saturated heterocycles. The molecule has 0 aliphatic rings. The minimum Gasteiger partial charge on any atom is -0.466 e. The first-order valence-electron chi connectivity index (χ1n) is 7.33. The van der Waals surface area contributed by atoms with E-state index in [0.29, 0.717) is 4.34 Å². The molecule has 0 bridgehead atoms. The molecule has 2 rings (SSSR count). The van der Waals surface area contributed by atoms with Gasteiger partial charge in [0.2, 0.25) is 11.0 Å². The maximum atomic E-state index is 13.5. The van der Waals surface area contributed by atoms with Gasteiger partial charge in [0, 0.05) is 17.7 Å². The molecule has 1 aromatic heterocycles. The van der Waals surface area contributed by atoms with Crippen molar-refractivity contribution in [3.63, 3.8) is 0 Å². The highest BCUT2D eigenvalue weighted by molar-refractivity contribution is 8.00. The number of aromatic nitrogens is 2. The van der Waals surface area contributed by atoms with Gasteiger partial charge in [0.1, 0.15) is 11.6 Å². The molecule has 0 atom stereocenters. The second kappa shape index (κ2) is 9.42. The summed E-state index contributed by atoms with van der Waals surface area (Å²) in [6.07, 6.45) is -0.0334. The van der Waals surface area contributed by atoms with E-state index < -0.39 is 17.6 Å². The number of esters is 1. The zero-order valence-electron chi connectivity index (χ0n) is 13.3. The lowest BCUT2D eigenvalue weighted by atomic mass is 10.2. The van der Waals surface area contributed by atoms with Gasteiger partial charge in [0.15, 0.2) is 4.34 Å². The van der Waals surface area contributed by atoms with Crippen LogP contribution in [0.3, 0.4) is 0 Å². The Bertz CT molecular complexity index is 755. The van der Waals surface area contributed by atoms with Crippen LogP contribution in [-0.4, -0.2) is 28.7 Å². The second-order valence-corrected chi connectivity index (χ2v) is 6.95. The van der Waals surface area contributed by atoms with Crippen molar-refractivity contribution in [3.8, 4) is 0 Å². The van der Waals surface area contributed by atoms with E-state index in [1.54, 1.807) is 6.92 Å². The van der Waals surface area contributed by atoms with E-state index in [1.807, 2.05) is 0 Å². The Kier molecular flexibility index (Phi) is 7.26. The van der Waals surface area contributed by atoms with E-state index in [-0.39, 0.29) is 41.8 Å². The van der Waals surface area contributed by atoms with Crippen molar-refractivity contribution in [2.24, 2.45) is 0 Å². The summed E-state index contributed by atoms with van der Waals surface area (Å²) in [5.41, 5.74) is 0.222. The smallest absolute Gasteiger partial charge is 0.306 e. The number of ether oxygens (including phenoxy) is 1. The average Bonchev–Trinajstić information content (AvgIpc) is 3.01. The van der Waals surface area contributed by atoms with E-state index in [9.17, 15) is 18.4 Å². The molecule has 2 aromatic rings. The van der Waals surface area contributed by atoms with Crippen LogP contribution in [0, 0.1) is 11.6 Å². The molecule has 0 aliphatic carbocycles. The van der Waals surface area contributed by atoms with Crippen LogP contribution in [-0.2, 0) is 20.1 Å². The summed E-state index contributed by atoms with van der Waals surface area (Å²) in [6.45, 7) is 1.96. The Labute approximate surface area is 151 Å². The van der Waals surface area contributed by atoms with Crippen molar-refractivity contribution in [3.05, 3.63) is 35.4 Å². The predicted molar refractivity (Wildman–Crippen MR) is 90.3 cm³/mol. The second-order valence-electron chi connectivity index (χ2n) is 4.75. The minimum atomic E-state index is -0.510. The zero-order valence-corrected chi connectivity index (χ0v) is 14.9. The topological polar surface area (TPSA) is 81.2 Å². The van der Waals surface area contributed by atoms with Gasteiger partial charge in [-0.05, 0) is 25.1 Å². The van der Waals surface area contributed by atoms with Crippen LogP contribution in [0.4, 0.5) is 13.9 Å². The Balaban J connectivity index is 1.82. The molecule has 134 valence electrons. The van der Waals surface area contributed by atoms with Crippen LogP contribution in [0.15, 0.2) is 22.5 Å². The lowest BCUT2D eigenvalue weighted by Gasteiger charge is -2.02. The molecule has 6 nitrogen and oxygen atoms in total. The van der Waals surface area contributed by atoms with E-state index >= 15 is 0 Å². The third kappa shape index (κ3) is 6.39. The van der Waals surface area contributed by atoms with Crippen molar-refractivity contribution in [2.75, 3.05) is 11.9 Å². The molecular weight excluding hydrogens is 372 g/mol. The average molecular weight is 387 g/mol.